The Morgan fingerprint density at radius 3 is 2.65 bits per heavy atom. The molecule has 0 aromatic carbocycles. The Kier molecular flexibility index (Phi) is 6.23. The Morgan fingerprint density at radius 1 is 1.14 bits per heavy atom. The van der Waals surface area contributed by atoms with E-state index in [1.807, 2.05) is 4.90 Å². The average Bonchev–Trinajstić information content (AvgIpc) is 3.63. The first kappa shape index (κ1) is 24.1. The van der Waals surface area contributed by atoms with Gasteiger partial charge in [0.25, 0.3) is 0 Å². The van der Waals surface area contributed by atoms with E-state index in [4.69, 9.17) is 25.2 Å². The molecule has 2 N–H and O–H groups in total. The highest BCUT2D eigenvalue weighted by Crippen LogP contribution is 2.41. The van der Waals surface area contributed by atoms with Gasteiger partial charge >= 0.3 is 6.09 Å². The summed E-state index contributed by atoms with van der Waals surface area (Å²) >= 11 is 0. The zero-order chi connectivity index (χ0) is 25.6. The van der Waals surface area contributed by atoms with Crippen LogP contribution >= 0.6 is 0 Å². The Labute approximate surface area is 216 Å². The summed E-state index contributed by atoms with van der Waals surface area (Å²) in [7, 11) is 2.06. The maximum absolute atomic E-state index is 13.0. The summed E-state index contributed by atoms with van der Waals surface area (Å²) in [5.41, 5.74) is 8.26. The van der Waals surface area contributed by atoms with Crippen LogP contribution in [-0.4, -0.2) is 114 Å². The maximum atomic E-state index is 13.0. The summed E-state index contributed by atoms with van der Waals surface area (Å²) in [4.78, 5) is 40.1. The van der Waals surface area contributed by atoms with Crippen molar-refractivity contribution in [2.45, 2.75) is 37.8 Å². The number of likely N-dealkylation sites (N-methyl/N-ethyl adjacent to an activating group) is 1. The van der Waals surface area contributed by atoms with Crippen LogP contribution < -0.4 is 15.5 Å². The molecule has 2 aromatic rings. The lowest BCUT2D eigenvalue weighted by atomic mass is 9.99. The second-order valence-corrected chi connectivity index (χ2v) is 10.7. The van der Waals surface area contributed by atoms with Gasteiger partial charge in [0.05, 0.1) is 24.4 Å². The van der Waals surface area contributed by atoms with Gasteiger partial charge < -0.3 is 34.8 Å². The van der Waals surface area contributed by atoms with Gasteiger partial charge in [0, 0.05) is 69.3 Å². The van der Waals surface area contributed by atoms with Gasteiger partial charge in [-0.1, -0.05) is 0 Å². The standard InChI is InChI=1S/C25H35N9O3/c1-25(5-8-33(16-25)24(35)37-18-3-6-31(2)15-18)34-7-4-19-20(17-13-27-22(26)28-14-17)29-23(30-21(19)34)32-9-11-36-12-10-32/h13-14,18H,3-12,15-16H2,1-2H3,(H2,26,27,28)/t18-,25-/m0/s1. The van der Waals surface area contributed by atoms with Crippen molar-refractivity contribution in [2.75, 3.05) is 81.6 Å². The van der Waals surface area contributed by atoms with Gasteiger partial charge in [0.2, 0.25) is 11.9 Å². The van der Waals surface area contributed by atoms with Crippen LogP contribution in [0, 0.1) is 0 Å². The molecule has 4 aliphatic heterocycles. The summed E-state index contributed by atoms with van der Waals surface area (Å²) in [6.45, 7) is 8.85. The first-order valence-corrected chi connectivity index (χ1v) is 13.1. The molecule has 0 saturated carbocycles. The zero-order valence-corrected chi connectivity index (χ0v) is 21.6. The Bertz CT molecular complexity index is 1160. The van der Waals surface area contributed by atoms with E-state index in [1.165, 1.54) is 0 Å². The van der Waals surface area contributed by atoms with E-state index < -0.39 is 0 Å². The van der Waals surface area contributed by atoms with Crippen molar-refractivity contribution in [2.24, 2.45) is 0 Å². The first-order valence-electron chi connectivity index (χ1n) is 13.1. The van der Waals surface area contributed by atoms with Crippen LogP contribution in [0.2, 0.25) is 0 Å². The van der Waals surface area contributed by atoms with Crippen molar-refractivity contribution in [1.29, 1.82) is 0 Å². The lowest BCUT2D eigenvalue weighted by Crippen LogP contribution is -2.49. The van der Waals surface area contributed by atoms with Crippen molar-refractivity contribution in [1.82, 2.24) is 29.7 Å². The molecular weight excluding hydrogens is 474 g/mol. The van der Waals surface area contributed by atoms with E-state index in [9.17, 15) is 4.79 Å². The number of hydrogen-bond donors (Lipinski definition) is 1. The van der Waals surface area contributed by atoms with Crippen LogP contribution in [0.3, 0.4) is 0 Å². The number of aromatic nitrogens is 4. The number of carbonyl (C=O) groups excluding carboxylic acids is 1. The van der Waals surface area contributed by atoms with Gasteiger partial charge in [-0.2, -0.15) is 4.98 Å². The molecule has 12 nitrogen and oxygen atoms in total. The SMILES string of the molecule is CN1CC[C@H](OC(=O)N2CC[C@](C)(N3CCc4c(-c5cnc(N)nc5)nc(N5CCOCC5)nc43)C2)C1. The Hall–Kier alpha value is -3.25. The molecule has 0 aliphatic carbocycles. The van der Waals surface area contributed by atoms with Crippen LogP contribution in [0.4, 0.5) is 22.5 Å². The molecule has 0 bridgehead atoms. The van der Waals surface area contributed by atoms with Crippen molar-refractivity contribution in [3.05, 3.63) is 18.0 Å². The summed E-state index contributed by atoms with van der Waals surface area (Å²) in [5, 5.41) is 0. The number of nitrogen functional groups attached to an aromatic ring is 1. The van der Waals surface area contributed by atoms with E-state index in [-0.39, 0.29) is 23.7 Å². The topological polar surface area (TPSA) is 126 Å². The smallest absolute Gasteiger partial charge is 0.410 e. The summed E-state index contributed by atoms with van der Waals surface area (Å²) in [6.07, 6.45) is 5.78. The molecule has 6 rings (SSSR count). The molecule has 37 heavy (non-hydrogen) atoms. The second kappa shape index (κ2) is 9.56. The quantitative estimate of drug-likeness (QED) is 0.635. The molecule has 3 fully saturated rings. The Morgan fingerprint density at radius 2 is 1.92 bits per heavy atom. The minimum Gasteiger partial charge on any atom is -0.445 e. The monoisotopic (exact) mass is 509 g/mol. The van der Waals surface area contributed by atoms with Gasteiger partial charge in [-0.25, -0.2) is 19.7 Å². The molecule has 0 spiro atoms. The van der Waals surface area contributed by atoms with Gasteiger partial charge in [-0.05, 0) is 33.2 Å². The number of morpholine rings is 1. The van der Waals surface area contributed by atoms with E-state index in [1.54, 1.807) is 12.4 Å². The number of nitrogens with two attached hydrogens (primary N) is 1. The lowest BCUT2D eigenvalue weighted by molar-refractivity contribution is 0.0716. The van der Waals surface area contributed by atoms with E-state index in [2.05, 4.69) is 38.6 Å². The number of hydrogen-bond acceptors (Lipinski definition) is 11. The first-order chi connectivity index (χ1) is 17.9. The highest BCUT2D eigenvalue weighted by molar-refractivity contribution is 5.74. The van der Waals surface area contributed by atoms with E-state index in [0.717, 1.165) is 74.6 Å². The molecule has 0 unspecified atom stereocenters. The fourth-order valence-corrected chi connectivity index (χ4v) is 5.90. The van der Waals surface area contributed by atoms with Gasteiger partial charge in [0.1, 0.15) is 11.9 Å². The summed E-state index contributed by atoms with van der Waals surface area (Å²) in [5.74, 6) is 1.85. The minimum absolute atomic E-state index is 0.0228. The van der Waals surface area contributed by atoms with E-state index >= 15 is 0 Å². The molecule has 198 valence electrons. The van der Waals surface area contributed by atoms with Crippen molar-refractivity contribution in [3.63, 3.8) is 0 Å². The average molecular weight is 510 g/mol. The molecule has 2 atom stereocenters. The fourth-order valence-electron chi connectivity index (χ4n) is 5.90. The van der Waals surface area contributed by atoms with Crippen LogP contribution in [0.5, 0.6) is 0 Å². The number of likely N-dealkylation sites (tertiary alicyclic amines) is 2. The molecular formula is C25H35N9O3. The second-order valence-electron chi connectivity index (χ2n) is 10.7. The molecule has 1 amide bonds. The van der Waals surface area contributed by atoms with Crippen LogP contribution in [0.25, 0.3) is 11.3 Å². The van der Waals surface area contributed by atoms with Crippen molar-refractivity contribution < 1.29 is 14.3 Å². The third kappa shape index (κ3) is 4.63. The predicted octanol–water partition coefficient (Wildman–Crippen LogP) is 1.02. The number of rotatable bonds is 4. The predicted molar refractivity (Wildman–Crippen MR) is 139 cm³/mol. The van der Waals surface area contributed by atoms with Crippen molar-refractivity contribution in [3.8, 4) is 11.3 Å². The summed E-state index contributed by atoms with van der Waals surface area (Å²) < 4.78 is 11.4. The van der Waals surface area contributed by atoms with Crippen LogP contribution in [0.1, 0.15) is 25.3 Å². The normalized spacial score (nSPS) is 26.1. The fraction of sp³-hybridized carbons (Fsp3) is 0.640. The highest BCUT2D eigenvalue weighted by atomic mass is 16.6. The largest absolute Gasteiger partial charge is 0.445 e. The maximum Gasteiger partial charge on any atom is 0.410 e. The van der Waals surface area contributed by atoms with Gasteiger partial charge in [0.15, 0.2) is 0 Å². The Balaban J connectivity index is 1.28. The lowest BCUT2D eigenvalue weighted by Gasteiger charge is -2.37. The van der Waals surface area contributed by atoms with Gasteiger partial charge in [-0.3, -0.25) is 0 Å². The molecule has 4 aliphatic rings. The number of amides is 1. The molecule has 0 radical (unpaired) electrons. The number of carbonyl (C=O) groups is 1. The van der Waals surface area contributed by atoms with E-state index in [0.29, 0.717) is 32.3 Å². The third-order valence-corrected chi connectivity index (χ3v) is 8.03. The molecule has 12 heteroatoms. The van der Waals surface area contributed by atoms with Crippen LogP contribution in [-0.2, 0) is 15.9 Å². The third-order valence-electron chi connectivity index (χ3n) is 8.03. The molecule has 3 saturated heterocycles. The number of fused-ring (bicyclic) bond motifs is 1. The number of nitrogens with zero attached hydrogens (tertiary/aromatic N) is 8. The number of ether oxygens (including phenoxy) is 2. The molecule has 2 aromatic heterocycles. The summed E-state index contributed by atoms with van der Waals surface area (Å²) in [6, 6.07) is 0. The van der Waals surface area contributed by atoms with Crippen molar-refractivity contribution >= 4 is 23.8 Å². The highest BCUT2D eigenvalue weighted by Gasteiger charge is 2.45. The number of anilines is 3. The molecule has 6 heterocycles. The zero-order valence-electron chi connectivity index (χ0n) is 21.6. The van der Waals surface area contributed by atoms with Gasteiger partial charge in [-0.15, -0.1) is 0 Å². The minimum atomic E-state index is -0.248. The van der Waals surface area contributed by atoms with Crippen LogP contribution in [0.15, 0.2) is 12.4 Å².